The molecule has 0 radical (unpaired) electrons. The van der Waals surface area contributed by atoms with E-state index in [1.54, 1.807) is 0 Å². The Morgan fingerprint density at radius 2 is 2.00 bits per heavy atom. The zero-order valence-corrected chi connectivity index (χ0v) is 14.0. The molecule has 1 aliphatic carbocycles. The van der Waals surface area contributed by atoms with Crippen molar-refractivity contribution in [2.45, 2.75) is 71.4 Å². The Morgan fingerprint density at radius 3 is 2.45 bits per heavy atom. The highest BCUT2D eigenvalue weighted by molar-refractivity contribution is 5.77. The molecule has 0 aromatic heterocycles. The highest BCUT2D eigenvalue weighted by Crippen LogP contribution is 2.48. The fraction of sp³-hybridized carbons (Fsp3) is 0.812. The molecule has 0 saturated heterocycles. The average molecular weight is 309 g/mol. The number of rotatable bonds is 7. The molecule has 0 aromatic carbocycles. The van der Waals surface area contributed by atoms with Gasteiger partial charge in [0.25, 0.3) is 0 Å². The van der Waals surface area contributed by atoms with Gasteiger partial charge in [0.05, 0.1) is 12.5 Å². The number of nitrogens with zero attached hydrogens (tertiary/aromatic N) is 1. The van der Waals surface area contributed by atoms with Gasteiger partial charge in [0.1, 0.15) is 5.60 Å². The van der Waals surface area contributed by atoms with Crippen LogP contribution in [0.4, 0.5) is 4.79 Å². The quantitative estimate of drug-likeness (QED) is 0.756. The van der Waals surface area contributed by atoms with Gasteiger partial charge in [0.2, 0.25) is 5.91 Å². The van der Waals surface area contributed by atoms with Crippen molar-refractivity contribution in [2.75, 3.05) is 6.54 Å². The number of hydrogen-bond acceptors (Lipinski definition) is 4. The molecule has 0 spiro atoms. The smallest absolute Gasteiger partial charge is 0.407 e. The van der Waals surface area contributed by atoms with E-state index < -0.39 is 11.7 Å². The van der Waals surface area contributed by atoms with Gasteiger partial charge in [-0.3, -0.25) is 4.79 Å². The average Bonchev–Trinajstić information content (AvgIpc) is 3.14. The minimum absolute atomic E-state index is 0.0504. The highest BCUT2D eigenvalue weighted by Gasteiger charge is 2.44. The topological polar surface area (TPSA) is 91.2 Å². The van der Waals surface area contributed by atoms with Crippen LogP contribution in [0.1, 0.15) is 59.8 Å². The molecule has 22 heavy (non-hydrogen) atoms. The van der Waals surface area contributed by atoms with E-state index >= 15 is 0 Å². The van der Waals surface area contributed by atoms with E-state index in [4.69, 9.17) is 10.00 Å². The van der Waals surface area contributed by atoms with Crippen LogP contribution in [0.25, 0.3) is 0 Å². The van der Waals surface area contributed by atoms with Gasteiger partial charge in [-0.15, -0.1) is 0 Å². The van der Waals surface area contributed by atoms with E-state index in [1.807, 2.05) is 27.7 Å². The molecule has 1 atom stereocenters. The first-order valence-corrected chi connectivity index (χ1v) is 7.83. The first kappa shape index (κ1) is 18.3. The molecule has 0 aliphatic heterocycles. The molecular formula is C16H27N3O3. The summed E-state index contributed by atoms with van der Waals surface area (Å²) in [4.78, 5) is 23.7. The molecule has 0 heterocycles. The normalized spacial score (nSPS) is 17.0. The molecule has 0 aromatic rings. The second-order valence-electron chi connectivity index (χ2n) is 7.07. The number of carbonyl (C=O) groups is 2. The Balaban J connectivity index is 2.37. The summed E-state index contributed by atoms with van der Waals surface area (Å²) in [5.74, 6) is -0.0504. The zero-order valence-electron chi connectivity index (χ0n) is 14.0. The Labute approximate surface area is 132 Å². The summed E-state index contributed by atoms with van der Waals surface area (Å²) in [5, 5.41) is 14.3. The Morgan fingerprint density at radius 1 is 1.36 bits per heavy atom. The summed E-state index contributed by atoms with van der Waals surface area (Å²) in [6, 6.07) is 1.99. The predicted octanol–water partition coefficient (Wildman–Crippen LogP) is 2.49. The van der Waals surface area contributed by atoms with Crippen molar-refractivity contribution in [2.24, 2.45) is 5.41 Å². The molecule has 1 fully saturated rings. The lowest BCUT2D eigenvalue weighted by Gasteiger charge is -2.22. The summed E-state index contributed by atoms with van der Waals surface area (Å²) in [7, 11) is 0. The van der Waals surface area contributed by atoms with E-state index in [2.05, 4.69) is 16.7 Å². The van der Waals surface area contributed by atoms with Crippen LogP contribution in [0, 0.1) is 16.7 Å². The van der Waals surface area contributed by atoms with Gasteiger partial charge in [-0.05, 0) is 45.4 Å². The second kappa shape index (κ2) is 7.48. The van der Waals surface area contributed by atoms with Crippen LogP contribution in [0.3, 0.4) is 0 Å². The first-order chi connectivity index (χ1) is 10.2. The Hall–Kier alpha value is -1.77. The van der Waals surface area contributed by atoms with E-state index in [0.717, 1.165) is 19.3 Å². The second-order valence-corrected chi connectivity index (χ2v) is 7.07. The molecular weight excluding hydrogens is 282 g/mol. The molecule has 6 heteroatoms. The summed E-state index contributed by atoms with van der Waals surface area (Å²) < 4.78 is 5.19. The summed E-state index contributed by atoms with van der Waals surface area (Å²) in [5.41, 5.74) is -0.671. The number of alkyl carbamates (subject to hydrolysis) is 1. The van der Waals surface area contributed by atoms with Gasteiger partial charge in [-0.25, -0.2) is 4.79 Å². The van der Waals surface area contributed by atoms with E-state index in [9.17, 15) is 9.59 Å². The van der Waals surface area contributed by atoms with Crippen LogP contribution in [0.2, 0.25) is 0 Å². The molecule has 2 N–H and O–H groups in total. The van der Waals surface area contributed by atoms with Crippen LogP contribution in [-0.4, -0.2) is 30.2 Å². The van der Waals surface area contributed by atoms with Crippen LogP contribution in [0.15, 0.2) is 0 Å². The minimum Gasteiger partial charge on any atom is -0.444 e. The summed E-state index contributed by atoms with van der Waals surface area (Å²) in [6.45, 7) is 7.83. The Kier molecular flexibility index (Phi) is 6.21. The maximum absolute atomic E-state index is 12.1. The van der Waals surface area contributed by atoms with Crippen molar-refractivity contribution in [1.29, 1.82) is 5.26 Å². The largest absolute Gasteiger partial charge is 0.444 e. The van der Waals surface area contributed by atoms with Gasteiger partial charge in [-0.2, -0.15) is 5.26 Å². The predicted molar refractivity (Wildman–Crippen MR) is 83.0 cm³/mol. The highest BCUT2D eigenvalue weighted by atomic mass is 16.6. The standard InChI is InChI=1S/C16H27N3O3/c1-5-12(6-9-17)19-13(20)10-16(7-8-16)11-18-14(21)22-15(2,3)4/h12H,5-8,10-11H2,1-4H3,(H,18,21)(H,19,20)/t12-/m1/s1. The zero-order chi connectivity index (χ0) is 16.8. The van der Waals surface area contributed by atoms with Gasteiger partial charge >= 0.3 is 6.09 Å². The SMILES string of the molecule is CC[C@H](CC#N)NC(=O)CC1(CNC(=O)OC(C)(C)C)CC1. The van der Waals surface area contributed by atoms with Gasteiger partial charge < -0.3 is 15.4 Å². The van der Waals surface area contributed by atoms with Gasteiger partial charge in [0, 0.05) is 19.0 Å². The van der Waals surface area contributed by atoms with Crippen LogP contribution < -0.4 is 10.6 Å². The number of hydrogen-bond donors (Lipinski definition) is 2. The molecule has 124 valence electrons. The lowest BCUT2D eigenvalue weighted by molar-refractivity contribution is -0.123. The maximum Gasteiger partial charge on any atom is 0.407 e. The van der Waals surface area contributed by atoms with E-state index in [-0.39, 0.29) is 17.4 Å². The number of ether oxygens (including phenoxy) is 1. The van der Waals surface area contributed by atoms with E-state index in [0.29, 0.717) is 19.4 Å². The number of nitrogens with one attached hydrogen (secondary N) is 2. The van der Waals surface area contributed by atoms with Crippen molar-refractivity contribution in [3.8, 4) is 6.07 Å². The number of carbonyl (C=O) groups excluding carboxylic acids is 2. The summed E-state index contributed by atoms with van der Waals surface area (Å²) in [6.07, 6.45) is 2.84. The monoisotopic (exact) mass is 309 g/mol. The fourth-order valence-electron chi connectivity index (χ4n) is 2.19. The van der Waals surface area contributed by atoms with E-state index in [1.165, 1.54) is 0 Å². The first-order valence-electron chi connectivity index (χ1n) is 7.83. The van der Waals surface area contributed by atoms with Crippen LogP contribution >= 0.6 is 0 Å². The van der Waals surface area contributed by atoms with Crippen molar-refractivity contribution in [3.63, 3.8) is 0 Å². The van der Waals surface area contributed by atoms with Gasteiger partial charge in [-0.1, -0.05) is 6.92 Å². The third kappa shape index (κ3) is 6.79. The molecule has 1 rings (SSSR count). The molecule has 1 aliphatic rings. The van der Waals surface area contributed by atoms with Gasteiger partial charge in [0.15, 0.2) is 0 Å². The third-order valence-electron chi connectivity index (χ3n) is 3.69. The molecule has 6 nitrogen and oxygen atoms in total. The Bertz CT molecular complexity index is 445. The van der Waals surface area contributed by atoms with Crippen molar-refractivity contribution in [1.82, 2.24) is 10.6 Å². The van der Waals surface area contributed by atoms with Crippen molar-refractivity contribution >= 4 is 12.0 Å². The lowest BCUT2D eigenvalue weighted by Crippen LogP contribution is -2.39. The van der Waals surface area contributed by atoms with Crippen molar-refractivity contribution in [3.05, 3.63) is 0 Å². The molecule has 0 unspecified atom stereocenters. The lowest BCUT2D eigenvalue weighted by atomic mass is 10.0. The summed E-state index contributed by atoms with van der Waals surface area (Å²) >= 11 is 0. The third-order valence-corrected chi connectivity index (χ3v) is 3.69. The van der Waals surface area contributed by atoms with Crippen molar-refractivity contribution < 1.29 is 14.3 Å². The fourth-order valence-corrected chi connectivity index (χ4v) is 2.19. The van der Waals surface area contributed by atoms with Crippen LogP contribution in [0.5, 0.6) is 0 Å². The van der Waals surface area contributed by atoms with Crippen LogP contribution in [-0.2, 0) is 9.53 Å². The molecule has 0 bridgehead atoms. The molecule has 2 amide bonds. The minimum atomic E-state index is -0.524. The number of nitriles is 1. The number of amides is 2. The molecule has 1 saturated carbocycles. The maximum atomic E-state index is 12.1.